The van der Waals surface area contributed by atoms with Crippen molar-refractivity contribution < 1.29 is 13.2 Å². The number of halogens is 4. The van der Waals surface area contributed by atoms with Crippen molar-refractivity contribution >= 4 is 37.5 Å². The lowest BCUT2D eigenvalue weighted by Gasteiger charge is -2.08. The molecule has 1 heterocycles. The Morgan fingerprint density at radius 3 is 2.35 bits per heavy atom. The van der Waals surface area contributed by atoms with E-state index in [-0.39, 0.29) is 12.2 Å². The molecule has 0 aliphatic heterocycles. The summed E-state index contributed by atoms with van der Waals surface area (Å²) in [4.78, 5) is 0. The van der Waals surface area contributed by atoms with Gasteiger partial charge in [0.05, 0.1) is 17.3 Å². The Kier molecular flexibility index (Phi) is 3.83. The van der Waals surface area contributed by atoms with Gasteiger partial charge in [-0.25, -0.2) is 8.78 Å². The second-order valence-electron chi connectivity index (χ2n) is 3.29. The van der Waals surface area contributed by atoms with Gasteiger partial charge in [0, 0.05) is 4.47 Å². The summed E-state index contributed by atoms with van der Waals surface area (Å²) in [5, 5.41) is 2.66. The van der Waals surface area contributed by atoms with Crippen molar-refractivity contribution in [3.8, 4) is 0 Å². The smallest absolute Gasteiger partial charge is 0.150 e. The van der Waals surface area contributed by atoms with Crippen LogP contribution in [0.15, 0.2) is 37.8 Å². The third-order valence-corrected chi connectivity index (χ3v) is 3.29. The Morgan fingerprint density at radius 2 is 1.82 bits per heavy atom. The molecule has 17 heavy (non-hydrogen) atoms. The first-order valence-corrected chi connectivity index (χ1v) is 6.27. The van der Waals surface area contributed by atoms with E-state index in [1.54, 1.807) is 6.07 Å². The SMILES string of the molecule is Fc1cc(Br)cc(F)c1NCc1occc1Br. The second kappa shape index (κ2) is 5.18. The zero-order chi connectivity index (χ0) is 12.4. The molecule has 0 fully saturated rings. The van der Waals surface area contributed by atoms with Crippen molar-refractivity contribution in [3.05, 3.63) is 50.8 Å². The fourth-order valence-corrected chi connectivity index (χ4v) is 2.07. The molecule has 0 bridgehead atoms. The molecular weight excluding hydrogens is 360 g/mol. The molecule has 0 aliphatic rings. The van der Waals surface area contributed by atoms with Crippen molar-refractivity contribution in [1.82, 2.24) is 0 Å². The highest BCUT2D eigenvalue weighted by Crippen LogP contribution is 2.25. The summed E-state index contributed by atoms with van der Waals surface area (Å²) in [7, 11) is 0. The summed E-state index contributed by atoms with van der Waals surface area (Å²) in [6, 6.07) is 4.11. The average Bonchev–Trinajstić information content (AvgIpc) is 2.62. The van der Waals surface area contributed by atoms with E-state index in [1.807, 2.05) is 0 Å². The number of benzene rings is 1. The third kappa shape index (κ3) is 2.87. The predicted molar refractivity (Wildman–Crippen MR) is 67.8 cm³/mol. The maximum absolute atomic E-state index is 13.5. The van der Waals surface area contributed by atoms with E-state index in [4.69, 9.17) is 4.42 Å². The van der Waals surface area contributed by atoms with Crippen LogP contribution in [-0.4, -0.2) is 0 Å². The Morgan fingerprint density at radius 1 is 1.18 bits per heavy atom. The van der Waals surface area contributed by atoms with Gasteiger partial charge in [-0.15, -0.1) is 0 Å². The fraction of sp³-hybridized carbons (Fsp3) is 0.0909. The molecule has 6 heteroatoms. The monoisotopic (exact) mass is 365 g/mol. The summed E-state index contributed by atoms with van der Waals surface area (Å²) in [6.45, 7) is 0.197. The number of nitrogens with one attached hydrogen (secondary N) is 1. The van der Waals surface area contributed by atoms with Crippen LogP contribution in [0.2, 0.25) is 0 Å². The van der Waals surface area contributed by atoms with Crippen LogP contribution in [0.4, 0.5) is 14.5 Å². The highest BCUT2D eigenvalue weighted by molar-refractivity contribution is 9.10. The molecule has 0 aliphatic carbocycles. The summed E-state index contributed by atoms with van der Waals surface area (Å²) in [5.74, 6) is -0.731. The van der Waals surface area contributed by atoms with Gasteiger partial charge in [0.15, 0.2) is 0 Å². The van der Waals surface area contributed by atoms with Gasteiger partial charge in [-0.3, -0.25) is 0 Å². The number of furan rings is 1. The van der Waals surface area contributed by atoms with Gasteiger partial charge in [0.1, 0.15) is 23.1 Å². The zero-order valence-electron chi connectivity index (χ0n) is 8.44. The van der Waals surface area contributed by atoms with E-state index < -0.39 is 11.6 Å². The van der Waals surface area contributed by atoms with Crippen molar-refractivity contribution in [2.45, 2.75) is 6.54 Å². The van der Waals surface area contributed by atoms with Gasteiger partial charge in [-0.1, -0.05) is 15.9 Å². The largest absolute Gasteiger partial charge is 0.466 e. The number of hydrogen-bond acceptors (Lipinski definition) is 2. The maximum atomic E-state index is 13.5. The highest BCUT2D eigenvalue weighted by atomic mass is 79.9. The van der Waals surface area contributed by atoms with Crippen LogP contribution in [0.25, 0.3) is 0 Å². The molecule has 0 saturated carbocycles. The molecule has 90 valence electrons. The highest BCUT2D eigenvalue weighted by Gasteiger charge is 2.11. The van der Waals surface area contributed by atoms with E-state index in [1.165, 1.54) is 18.4 Å². The van der Waals surface area contributed by atoms with Gasteiger partial charge in [-0.2, -0.15) is 0 Å². The van der Waals surface area contributed by atoms with Crippen LogP contribution in [0, 0.1) is 11.6 Å². The molecule has 1 aromatic heterocycles. The Bertz CT molecular complexity index is 519. The molecule has 1 N–H and O–H groups in total. The molecule has 0 saturated heterocycles. The van der Waals surface area contributed by atoms with Gasteiger partial charge >= 0.3 is 0 Å². The standard InChI is InChI=1S/C11H7Br2F2NO/c12-6-3-8(14)11(9(15)4-6)16-5-10-7(13)1-2-17-10/h1-4,16H,5H2. The van der Waals surface area contributed by atoms with E-state index >= 15 is 0 Å². The van der Waals surface area contributed by atoms with Gasteiger partial charge in [0.25, 0.3) is 0 Å². The Labute approximate surface area is 113 Å². The van der Waals surface area contributed by atoms with Crippen LogP contribution in [-0.2, 0) is 6.54 Å². The normalized spacial score (nSPS) is 10.6. The molecule has 0 spiro atoms. The molecule has 0 amide bonds. The molecule has 2 rings (SSSR count). The first-order valence-electron chi connectivity index (χ1n) is 4.68. The topological polar surface area (TPSA) is 25.2 Å². The van der Waals surface area contributed by atoms with Gasteiger partial charge < -0.3 is 9.73 Å². The van der Waals surface area contributed by atoms with Crippen LogP contribution in [0.1, 0.15) is 5.76 Å². The minimum absolute atomic E-state index is 0.170. The lowest BCUT2D eigenvalue weighted by Crippen LogP contribution is -2.03. The fourth-order valence-electron chi connectivity index (χ4n) is 1.33. The Balaban J connectivity index is 2.17. The molecule has 1 aromatic carbocycles. The van der Waals surface area contributed by atoms with Crippen molar-refractivity contribution in [1.29, 1.82) is 0 Å². The number of hydrogen-bond donors (Lipinski definition) is 1. The molecule has 2 nitrogen and oxygen atoms in total. The van der Waals surface area contributed by atoms with E-state index in [2.05, 4.69) is 37.2 Å². The third-order valence-electron chi connectivity index (χ3n) is 2.12. The van der Waals surface area contributed by atoms with Crippen molar-refractivity contribution in [2.24, 2.45) is 0 Å². The van der Waals surface area contributed by atoms with E-state index in [9.17, 15) is 8.78 Å². The first-order chi connectivity index (χ1) is 8.08. The Hall–Kier alpha value is -0.880. The molecule has 0 radical (unpaired) electrons. The van der Waals surface area contributed by atoms with E-state index in [0.29, 0.717) is 10.2 Å². The molecule has 2 aromatic rings. The van der Waals surface area contributed by atoms with Crippen LogP contribution in [0.5, 0.6) is 0 Å². The number of anilines is 1. The lowest BCUT2D eigenvalue weighted by atomic mass is 10.3. The number of rotatable bonds is 3. The summed E-state index contributed by atoms with van der Waals surface area (Å²) < 4.78 is 33.2. The summed E-state index contributed by atoms with van der Waals surface area (Å²) >= 11 is 6.27. The molecular formula is C11H7Br2F2NO. The zero-order valence-corrected chi connectivity index (χ0v) is 11.6. The van der Waals surface area contributed by atoms with Crippen LogP contribution < -0.4 is 5.32 Å². The first kappa shape index (κ1) is 12.6. The van der Waals surface area contributed by atoms with Crippen LogP contribution in [0.3, 0.4) is 0 Å². The minimum atomic E-state index is -0.653. The predicted octanol–water partition coefficient (Wildman–Crippen LogP) is 4.69. The molecule has 0 unspecified atom stereocenters. The van der Waals surface area contributed by atoms with Crippen molar-refractivity contribution in [3.63, 3.8) is 0 Å². The quantitative estimate of drug-likeness (QED) is 0.852. The lowest BCUT2D eigenvalue weighted by molar-refractivity contribution is 0.513. The summed E-state index contributed by atoms with van der Waals surface area (Å²) in [6.07, 6.45) is 1.50. The van der Waals surface area contributed by atoms with Crippen LogP contribution >= 0.6 is 31.9 Å². The molecule has 0 atom stereocenters. The summed E-state index contributed by atoms with van der Waals surface area (Å²) in [5.41, 5.74) is -0.170. The second-order valence-corrected chi connectivity index (χ2v) is 5.06. The maximum Gasteiger partial charge on any atom is 0.150 e. The average molecular weight is 367 g/mol. The minimum Gasteiger partial charge on any atom is -0.466 e. The van der Waals surface area contributed by atoms with Crippen molar-refractivity contribution in [2.75, 3.05) is 5.32 Å². The van der Waals surface area contributed by atoms with E-state index in [0.717, 1.165) is 4.47 Å². The van der Waals surface area contributed by atoms with Gasteiger partial charge in [-0.05, 0) is 34.1 Å². The van der Waals surface area contributed by atoms with Gasteiger partial charge in [0.2, 0.25) is 0 Å².